The van der Waals surface area contributed by atoms with Crippen LogP contribution < -0.4 is 0 Å². The van der Waals surface area contributed by atoms with Crippen molar-refractivity contribution in [1.82, 2.24) is 4.40 Å². The number of benzene rings is 6. The Kier molecular flexibility index (Phi) is 5.73. The van der Waals surface area contributed by atoms with Crippen molar-refractivity contribution in [2.45, 2.75) is 33.1 Å². The second kappa shape index (κ2) is 10.0. The van der Waals surface area contributed by atoms with Gasteiger partial charge in [0.2, 0.25) is 0 Å². The molecule has 0 spiro atoms. The standard InChI is InChI=1S/C46H35N/c1-28(2)45-33(32-23-24-37-40-19-10-18-39-36-13-6-7-20-43(36)47(46(39)40)44(37)27-32)14-8-17-38(45)34-15-9-16-35-41-25-30(29-11-4-3-5-12-29)21-22-31(41)26-42(34)35/h3-7,9-16,18-25,27-28H,8,17,26H2,1-2H3. The molecule has 0 saturated carbocycles. The van der Waals surface area contributed by atoms with Crippen LogP contribution in [0.3, 0.4) is 0 Å². The number of hydrogen-bond donors (Lipinski definition) is 0. The maximum absolute atomic E-state index is 2.51. The molecule has 10 rings (SSSR count). The van der Waals surface area contributed by atoms with E-state index >= 15 is 0 Å². The van der Waals surface area contributed by atoms with Crippen LogP contribution in [-0.2, 0) is 6.42 Å². The highest BCUT2D eigenvalue weighted by Gasteiger charge is 2.28. The van der Waals surface area contributed by atoms with E-state index in [-0.39, 0.29) is 0 Å². The molecule has 0 N–H and O–H groups in total. The third-order valence-corrected chi connectivity index (χ3v) is 10.8. The summed E-state index contributed by atoms with van der Waals surface area (Å²) in [6.45, 7) is 4.76. The first kappa shape index (κ1) is 26.8. The van der Waals surface area contributed by atoms with Crippen LogP contribution in [0.5, 0.6) is 0 Å². The minimum absolute atomic E-state index is 0.408. The van der Waals surface area contributed by atoms with E-state index < -0.39 is 0 Å². The maximum Gasteiger partial charge on any atom is 0.0620 e. The van der Waals surface area contributed by atoms with E-state index in [1.54, 1.807) is 0 Å². The normalized spacial score (nSPS) is 14.6. The zero-order chi connectivity index (χ0) is 31.2. The molecule has 0 radical (unpaired) electrons. The average Bonchev–Trinajstić information content (AvgIpc) is 3.78. The van der Waals surface area contributed by atoms with E-state index in [1.165, 1.54) is 99.3 Å². The van der Waals surface area contributed by atoms with Gasteiger partial charge in [-0.05, 0) is 105 Å². The molecule has 8 aromatic rings. The number of fused-ring (bicyclic) bond motifs is 9. The Bertz CT molecular complexity index is 2610. The van der Waals surface area contributed by atoms with Gasteiger partial charge >= 0.3 is 0 Å². The lowest BCUT2D eigenvalue weighted by Crippen LogP contribution is -2.08. The molecule has 2 aliphatic rings. The second-order valence-electron chi connectivity index (χ2n) is 13.7. The zero-order valence-corrected chi connectivity index (χ0v) is 26.8. The summed E-state index contributed by atoms with van der Waals surface area (Å²) < 4.78 is 2.51. The summed E-state index contributed by atoms with van der Waals surface area (Å²) in [6.07, 6.45) is 5.65. The second-order valence-corrected chi connectivity index (χ2v) is 13.7. The number of aromatic nitrogens is 1. The van der Waals surface area contributed by atoms with Crippen LogP contribution in [-0.4, -0.2) is 4.40 Å². The van der Waals surface area contributed by atoms with Crippen LogP contribution in [0, 0.1) is 5.92 Å². The summed E-state index contributed by atoms with van der Waals surface area (Å²) in [6, 6.07) is 47.7. The lowest BCUT2D eigenvalue weighted by molar-refractivity contribution is 0.786. The van der Waals surface area contributed by atoms with E-state index in [4.69, 9.17) is 0 Å². The van der Waals surface area contributed by atoms with Gasteiger partial charge in [-0.25, -0.2) is 0 Å². The topological polar surface area (TPSA) is 4.41 Å². The third kappa shape index (κ3) is 3.83. The monoisotopic (exact) mass is 601 g/mol. The smallest absolute Gasteiger partial charge is 0.0620 e. The molecule has 0 unspecified atom stereocenters. The Morgan fingerprint density at radius 2 is 1.28 bits per heavy atom. The van der Waals surface area contributed by atoms with Crippen molar-refractivity contribution in [2.24, 2.45) is 5.92 Å². The van der Waals surface area contributed by atoms with Gasteiger partial charge < -0.3 is 4.40 Å². The summed E-state index contributed by atoms with van der Waals surface area (Å²) in [7, 11) is 0. The Hall–Kier alpha value is -5.40. The molecule has 6 aromatic carbocycles. The first-order valence-electron chi connectivity index (χ1n) is 17.1. The minimum Gasteiger partial charge on any atom is -0.308 e. The van der Waals surface area contributed by atoms with Crippen LogP contribution in [0.4, 0.5) is 0 Å². The van der Waals surface area contributed by atoms with E-state index in [0.29, 0.717) is 5.92 Å². The van der Waals surface area contributed by atoms with E-state index in [1.807, 2.05) is 0 Å². The average molecular weight is 602 g/mol. The fraction of sp³-hybridized carbons (Fsp3) is 0.130. The predicted molar refractivity (Wildman–Crippen MR) is 200 cm³/mol. The lowest BCUT2D eigenvalue weighted by Gasteiger charge is -2.27. The van der Waals surface area contributed by atoms with Gasteiger partial charge in [-0.3, -0.25) is 0 Å². The van der Waals surface area contributed by atoms with Crippen molar-refractivity contribution in [2.75, 3.05) is 0 Å². The van der Waals surface area contributed by atoms with Gasteiger partial charge in [-0.1, -0.05) is 129 Å². The largest absolute Gasteiger partial charge is 0.308 e. The Labute approximate surface area is 275 Å². The highest BCUT2D eigenvalue weighted by molar-refractivity contribution is 6.23. The summed E-state index contributed by atoms with van der Waals surface area (Å²) in [5.41, 5.74) is 19.4. The zero-order valence-electron chi connectivity index (χ0n) is 26.8. The van der Waals surface area contributed by atoms with Crippen molar-refractivity contribution < 1.29 is 0 Å². The predicted octanol–water partition coefficient (Wildman–Crippen LogP) is 12.4. The first-order valence-corrected chi connectivity index (χ1v) is 17.1. The number of nitrogens with zero attached hydrogens (tertiary/aromatic N) is 1. The Morgan fingerprint density at radius 1 is 0.553 bits per heavy atom. The van der Waals surface area contributed by atoms with Gasteiger partial charge in [0.15, 0.2) is 0 Å². The fourth-order valence-electron chi connectivity index (χ4n) is 8.87. The van der Waals surface area contributed by atoms with Crippen LogP contribution in [0.15, 0.2) is 139 Å². The molecule has 0 aliphatic heterocycles. The van der Waals surface area contributed by atoms with Gasteiger partial charge in [0.1, 0.15) is 0 Å². The third-order valence-electron chi connectivity index (χ3n) is 10.8. The highest BCUT2D eigenvalue weighted by atomic mass is 14.9. The molecule has 0 atom stereocenters. The van der Waals surface area contributed by atoms with Crippen LogP contribution in [0.25, 0.3) is 71.5 Å². The SMILES string of the molecule is CC(C)C1=C(c2cccc3c2Cc2ccc(-c4ccccc4)cc2-3)CCC=C1c1ccc2c3cccc4c5ccccc5n(c2c1)c43. The molecule has 47 heavy (non-hydrogen) atoms. The van der Waals surface area contributed by atoms with Gasteiger partial charge in [0.05, 0.1) is 16.6 Å². The van der Waals surface area contributed by atoms with Crippen LogP contribution >= 0.6 is 0 Å². The molecule has 0 amide bonds. The van der Waals surface area contributed by atoms with E-state index in [2.05, 4.69) is 152 Å². The summed E-state index contributed by atoms with van der Waals surface area (Å²) in [4.78, 5) is 0. The molecule has 0 fully saturated rings. The van der Waals surface area contributed by atoms with Crippen molar-refractivity contribution in [1.29, 1.82) is 0 Å². The molecular formula is C46H35N. The van der Waals surface area contributed by atoms with Crippen molar-refractivity contribution in [3.05, 3.63) is 161 Å². The molecule has 2 heterocycles. The number of para-hydroxylation sites is 2. The molecule has 224 valence electrons. The summed E-state index contributed by atoms with van der Waals surface area (Å²) in [5.74, 6) is 0.408. The summed E-state index contributed by atoms with van der Waals surface area (Å²) >= 11 is 0. The van der Waals surface area contributed by atoms with Gasteiger partial charge in [0, 0.05) is 21.5 Å². The quantitative estimate of drug-likeness (QED) is 0.189. The van der Waals surface area contributed by atoms with Gasteiger partial charge in [-0.2, -0.15) is 0 Å². The van der Waals surface area contributed by atoms with Crippen LogP contribution in [0.2, 0.25) is 0 Å². The van der Waals surface area contributed by atoms with Crippen LogP contribution in [0.1, 0.15) is 48.9 Å². The van der Waals surface area contributed by atoms with E-state index in [0.717, 1.165) is 19.3 Å². The number of hydrogen-bond acceptors (Lipinski definition) is 0. The minimum atomic E-state index is 0.408. The Balaban J connectivity index is 1.13. The van der Waals surface area contributed by atoms with Crippen molar-refractivity contribution >= 4 is 49.2 Å². The molecular weight excluding hydrogens is 567 g/mol. The van der Waals surface area contributed by atoms with Gasteiger partial charge in [0.25, 0.3) is 0 Å². The lowest BCUT2D eigenvalue weighted by atomic mass is 9.77. The first-order chi connectivity index (χ1) is 23.2. The molecule has 2 aliphatic carbocycles. The molecule has 1 nitrogen and oxygen atoms in total. The van der Waals surface area contributed by atoms with Gasteiger partial charge in [-0.15, -0.1) is 0 Å². The molecule has 2 aromatic heterocycles. The van der Waals surface area contributed by atoms with Crippen molar-refractivity contribution in [3.8, 4) is 22.3 Å². The fourth-order valence-corrected chi connectivity index (χ4v) is 8.87. The highest BCUT2D eigenvalue weighted by Crippen LogP contribution is 2.48. The number of rotatable bonds is 4. The summed E-state index contributed by atoms with van der Waals surface area (Å²) in [5, 5.41) is 5.35. The van der Waals surface area contributed by atoms with Crippen molar-refractivity contribution in [3.63, 3.8) is 0 Å². The molecule has 1 heteroatoms. The Morgan fingerprint density at radius 3 is 2.13 bits per heavy atom. The number of allylic oxidation sites excluding steroid dienone is 4. The molecule has 0 saturated heterocycles. The maximum atomic E-state index is 2.51. The molecule has 0 bridgehead atoms. The van der Waals surface area contributed by atoms with E-state index in [9.17, 15) is 0 Å².